The van der Waals surface area contributed by atoms with E-state index < -0.39 is 0 Å². The van der Waals surface area contributed by atoms with Crippen molar-refractivity contribution in [3.05, 3.63) is 71.8 Å². The van der Waals surface area contributed by atoms with Gasteiger partial charge in [0.05, 0.1) is 0 Å². The van der Waals surface area contributed by atoms with Crippen LogP contribution in [0, 0.1) is 11.8 Å². The van der Waals surface area contributed by atoms with E-state index in [0.29, 0.717) is 11.1 Å². The highest BCUT2D eigenvalue weighted by molar-refractivity contribution is 5.30. The molecule has 2 unspecified atom stereocenters. The lowest BCUT2D eigenvalue weighted by atomic mass is 10.0. The Balaban J connectivity index is 0.816. The van der Waals surface area contributed by atoms with Gasteiger partial charge < -0.3 is 10.6 Å². The summed E-state index contributed by atoms with van der Waals surface area (Å²) in [5.74, 6) is 2.14. The molecule has 2 atom stereocenters. The van der Waals surface area contributed by atoms with Gasteiger partial charge in [0, 0.05) is 11.1 Å². The third-order valence-corrected chi connectivity index (χ3v) is 9.15. The fraction of sp³-hybridized carbons (Fsp3) is 0.636. The van der Waals surface area contributed by atoms with E-state index >= 15 is 0 Å². The van der Waals surface area contributed by atoms with Crippen molar-refractivity contribution in [1.82, 2.24) is 10.6 Å². The standard InChI is InChI=1S/C33H48N2/c1(3-13-25-34-32(21-22-32)30-17-9-5-10-18-30)7-15-28-27-29(28)16-8-2-4-14-26-35-33(23-24-33)31-19-11-6-12-20-31/h5-6,9-12,17-20,28-29,34-35H,1-4,7-8,13-16,21-27H2. The first kappa shape index (κ1) is 25.0. The van der Waals surface area contributed by atoms with Crippen LogP contribution in [0.3, 0.4) is 0 Å². The van der Waals surface area contributed by atoms with Crippen molar-refractivity contribution in [1.29, 1.82) is 0 Å². The van der Waals surface area contributed by atoms with Gasteiger partial charge in [-0.2, -0.15) is 0 Å². The highest BCUT2D eigenvalue weighted by Gasteiger charge is 2.44. The van der Waals surface area contributed by atoms with Gasteiger partial charge in [-0.25, -0.2) is 0 Å². The molecule has 0 amide bonds. The molecule has 3 saturated carbocycles. The van der Waals surface area contributed by atoms with Crippen molar-refractivity contribution in [3.8, 4) is 0 Å². The zero-order valence-corrected chi connectivity index (χ0v) is 21.9. The highest BCUT2D eigenvalue weighted by atomic mass is 15.0. The second-order valence-corrected chi connectivity index (χ2v) is 11.9. The molecule has 0 aromatic heterocycles. The van der Waals surface area contributed by atoms with Gasteiger partial charge in [0.25, 0.3) is 0 Å². The fourth-order valence-electron chi connectivity index (χ4n) is 6.34. The fourth-order valence-corrected chi connectivity index (χ4v) is 6.34. The van der Waals surface area contributed by atoms with Gasteiger partial charge in [-0.05, 0) is 81.0 Å². The molecule has 3 aliphatic rings. The van der Waals surface area contributed by atoms with Crippen molar-refractivity contribution in [2.24, 2.45) is 11.8 Å². The Kier molecular flexibility index (Phi) is 8.63. The minimum atomic E-state index is 0.320. The molecule has 0 radical (unpaired) electrons. The third kappa shape index (κ3) is 7.20. The van der Waals surface area contributed by atoms with Crippen LogP contribution in [0.5, 0.6) is 0 Å². The van der Waals surface area contributed by atoms with Crippen LogP contribution >= 0.6 is 0 Å². The zero-order valence-electron chi connectivity index (χ0n) is 21.9. The van der Waals surface area contributed by atoms with Gasteiger partial charge in [0.2, 0.25) is 0 Å². The number of benzene rings is 2. The van der Waals surface area contributed by atoms with Crippen molar-refractivity contribution >= 4 is 0 Å². The molecular weight excluding hydrogens is 424 g/mol. The van der Waals surface area contributed by atoms with Crippen LogP contribution in [-0.2, 0) is 11.1 Å². The summed E-state index contributed by atoms with van der Waals surface area (Å²) in [4.78, 5) is 0. The molecule has 0 aliphatic heterocycles. The highest BCUT2D eigenvalue weighted by Crippen LogP contribution is 2.47. The van der Waals surface area contributed by atoms with E-state index in [0.717, 1.165) is 11.8 Å². The van der Waals surface area contributed by atoms with E-state index in [2.05, 4.69) is 71.3 Å². The topological polar surface area (TPSA) is 24.1 Å². The number of hydrogen-bond donors (Lipinski definition) is 2. The molecule has 2 nitrogen and oxygen atoms in total. The normalized spacial score (nSPS) is 23.2. The first-order chi connectivity index (χ1) is 17.3. The van der Waals surface area contributed by atoms with Gasteiger partial charge in [-0.15, -0.1) is 0 Å². The Bertz CT molecular complexity index is 795. The third-order valence-electron chi connectivity index (χ3n) is 9.15. The van der Waals surface area contributed by atoms with Gasteiger partial charge in [0.1, 0.15) is 0 Å². The first-order valence-electron chi connectivity index (χ1n) is 14.9. The molecule has 0 spiro atoms. The van der Waals surface area contributed by atoms with E-state index in [9.17, 15) is 0 Å². The van der Waals surface area contributed by atoms with Crippen molar-refractivity contribution in [2.45, 2.75) is 107 Å². The van der Waals surface area contributed by atoms with Crippen LogP contribution in [0.1, 0.15) is 107 Å². The average molecular weight is 473 g/mol. The maximum absolute atomic E-state index is 3.86. The van der Waals surface area contributed by atoms with Gasteiger partial charge in [-0.1, -0.05) is 112 Å². The first-order valence-corrected chi connectivity index (χ1v) is 14.9. The Labute approximate surface area is 214 Å². The monoisotopic (exact) mass is 472 g/mol. The molecule has 2 N–H and O–H groups in total. The zero-order chi connectivity index (χ0) is 23.8. The van der Waals surface area contributed by atoms with Gasteiger partial charge >= 0.3 is 0 Å². The van der Waals surface area contributed by atoms with Crippen LogP contribution in [0.25, 0.3) is 0 Å². The minimum Gasteiger partial charge on any atom is -0.307 e. The molecule has 2 heteroatoms. The van der Waals surface area contributed by atoms with Crippen LogP contribution in [0.15, 0.2) is 60.7 Å². The minimum absolute atomic E-state index is 0.320. The summed E-state index contributed by atoms with van der Waals surface area (Å²) in [5.41, 5.74) is 3.62. The Hall–Kier alpha value is -1.64. The Morgan fingerprint density at radius 2 is 0.914 bits per heavy atom. The Morgan fingerprint density at radius 1 is 0.514 bits per heavy atom. The number of unbranched alkanes of at least 4 members (excludes halogenated alkanes) is 6. The Morgan fingerprint density at radius 3 is 1.31 bits per heavy atom. The quantitative estimate of drug-likeness (QED) is 0.214. The van der Waals surface area contributed by atoms with E-state index in [4.69, 9.17) is 0 Å². The molecule has 0 bridgehead atoms. The molecule has 3 fully saturated rings. The van der Waals surface area contributed by atoms with E-state index in [1.807, 2.05) is 0 Å². The summed E-state index contributed by atoms with van der Waals surface area (Å²) in [7, 11) is 0. The van der Waals surface area contributed by atoms with Crippen molar-refractivity contribution in [2.75, 3.05) is 13.1 Å². The van der Waals surface area contributed by atoms with Crippen LogP contribution < -0.4 is 10.6 Å². The summed E-state index contributed by atoms with van der Waals surface area (Å²) in [6.45, 7) is 2.37. The summed E-state index contributed by atoms with van der Waals surface area (Å²) in [5, 5.41) is 7.72. The molecule has 0 saturated heterocycles. The number of hydrogen-bond acceptors (Lipinski definition) is 2. The van der Waals surface area contributed by atoms with Gasteiger partial charge in [0.15, 0.2) is 0 Å². The van der Waals surface area contributed by atoms with E-state index in [1.165, 1.54) is 121 Å². The molecule has 35 heavy (non-hydrogen) atoms. The summed E-state index contributed by atoms with van der Waals surface area (Å²) >= 11 is 0. The molecule has 2 aromatic carbocycles. The second kappa shape index (κ2) is 12.1. The molecule has 3 aliphatic carbocycles. The van der Waals surface area contributed by atoms with Crippen molar-refractivity contribution < 1.29 is 0 Å². The molecule has 0 heterocycles. The maximum atomic E-state index is 3.86. The van der Waals surface area contributed by atoms with E-state index in [-0.39, 0.29) is 0 Å². The predicted molar refractivity (Wildman–Crippen MR) is 148 cm³/mol. The lowest BCUT2D eigenvalue weighted by molar-refractivity contribution is 0.477. The molecule has 5 rings (SSSR count). The number of nitrogens with one attached hydrogen (secondary N) is 2. The molecule has 2 aromatic rings. The summed E-state index contributed by atoms with van der Waals surface area (Å²) in [6.07, 6.45) is 21.0. The lowest BCUT2D eigenvalue weighted by Gasteiger charge is -2.17. The maximum Gasteiger partial charge on any atom is 0.0436 e. The largest absolute Gasteiger partial charge is 0.307 e. The second-order valence-electron chi connectivity index (χ2n) is 11.9. The van der Waals surface area contributed by atoms with E-state index in [1.54, 1.807) is 0 Å². The van der Waals surface area contributed by atoms with Crippen molar-refractivity contribution in [3.63, 3.8) is 0 Å². The van der Waals surface area contributed by atoms with Crippen LogP contribution in [-0.4, -0.2) is 13.1 Å². The molecular formula is C33H48N2. The number of rotatable bonds is 18. The predicted octanol–water partition coefficient (Wildman–Crippen LogP) is 8.08. The molecule has 190 valence electrons. The summed E-state index contributed by atoms with van der Waals surface area (Å²) in [6, 6.07) is 22.1. The SMILES string of the molecule is c1ccc(C2(NCCCCCCC3CC3CCCCCCNC3(c4ccccc4)CC3)CC2)cc1. The van der Waals surface area contributed by atoms with Crippen LogP contribution in [0.4, 0.5) is 0 Å². The smallest absolute Gasteiger partial charge is 0.0436 e. The average Bonchev–Trinajstić information content (AvgIpc) is 3.79. The van der Waals surface area contributed by atoms with Crippen LogP contribution in [0.2, 0.25) is 0 Å². The van der Waals surface area contributed by atoms with Gasteiger partial charge in [-0.3, -0.25) is 0 Å². The lowest BCUT2D eigenvalue weighted by Crippen LogP contribution is -2.29. The summed E-state index contributed by atoms with van der Waals surface area (Å²) < 4.78 is 0.